The molecule has 1 heterocycles. The summed E-state index contributed by atoms with van der Waals surface area (Å²) in [6, 6.07) is 0. The lowest BCUT2D eigenvalue weighted by Gasteiger charge is -2.18. The summed E-state index contributed by atoms with van der Waals surface area (Å²) in [5.74, 6) is 0.272. The molecule has 0 atom stereocenters. The Bertz CT molecular complexity index is 208. The number of unbranched alkanes of at least 4 members (excludes halogenated alkanes) is 2. The van der Waals surface area contributed by atoms with E-state index in [1.165, 1.54) is 25.0 Å². The van der Waals surface area contributed by atoms with Crippen LogP contribution in [0.3, 0.4) is 0 Å². The quantitative estimate of drug-likeness (QED) is 0.597. The molecule has 0 unspecified atom stereocenters. The number of carbonyl (C=O) groups is 1. The molecule has 1 amide bonds. The van der Waals surface area contributed by atoms with Crippen LogP contribution in [0.25, 0.3) is 0 Å². The second kappa shape index (κ2) is 5.05. The first kappa shape index (κ1) is 10.3. The molecule has 0 spiro atoms. The van der Waals surface area contributed by atoms with Crippen molar-refractivity contribution >= 4 is 5.91 Å². The third kappa shape index (κ3) is 2.58. The van der Waals surface area contributed by atoms with Crippen LogP contribution < -0.4 is 0 Å². The Hall–Kier alpha value is -0.790. The van der Waals surface area contributed by atoms with Crippen molar-refractivity contribution in [2.45, 2.75) is 46.0 Å². The molecule has 1 aliphatic heterocycles. The van der Waals surface area contributed by atoms with E-state index in [0.717, 1.165) is 13.0 Å². The Balaban J connectivity index is 2.36. The summed E-state index contributed by atoms with van der Waals surface area (Å²) in [4.78, 5) is 13.2. The largest absolute Gasteiger partial charge is 0.317 e. The second-order valence-corrected chi connectivity index (χ2v) is 3.49. The molecule has 2 nitrogen and oxygen atoms in total. The first-order chi connectivity index (χ1) is 6.29. The molecular formula is C11H19NO. The van der Waals surface area contributed by atoms with Gasteiger partial charge in [-0.3, -0.25) is 4.79 Å². The van der Waals surface area contributed by atoms with Gasteiger partial charge in [0.15, 0.2) is 0 Å². The molecule has 0 bridgehead atoms. The van der Waals surface area contributed by atoms with Crippen LogP contribution in [0, 0.1) is 0 Å². The molecule has 0 saturated heterocycles. The smallest absolute Gasteiger partial charge is 0.230 e. The molecule has 0 saturated carbocycles. The van der Waals surface area contributed by atoms with Crippen LogP contribution in [0.15, 0.2) is 11.8 Å². The zero-order valence-corrected chi connectivity index (χ0v) is 8.68. The molecule has 74 valence electrons. The number of carbonyl (C=O) groups excluding carboxylic acids is 1. The summed E-state index contributed by atoms with van der Waals surface area (Å²) in [6.07, 6.45) is 7.51. The molecule has 2 heteroatoms. The fraction of sp³-hybridized carbons (Fsp3) is 0.727. The lowest BCUT2D eigenvalue weighted by atomic mass is 10.1. The highest BCUT2D eigenvalue weighted by Crippen LogP contribution is 2.21. The highest BCUT2D eigenvalue weighted by molar-refractivity contribution is 5.82. The van der Waals surface area contributed by atoms with Crippen LogP contribution >= 0.6 is 0 Å². The van der Waals surface area contributed by atoms with E-state index in [1.807, 2.05) is 11.8 Å². The average Bonchev–Trinajstić information content (AvgIpc) is 2.47. The van der Waals surface area contributed by atoms with Crippen molar-refractivity contribution < 1.29 is 4.79 Å². The lowest BCUT2D eigenvalue weighted by Crippen LogP contribution is -2.24. The van der Waals surface area contributed by atoms with Crippen molar-refractivity contribution in [3.05, 3.63) is 11.8 Å². The molecule has 1 rings (SSSR count). The maximum Gasteiger partial charge on any atom is 0.230 e. The molecule has 0 radical (unpaired) electrons. The standard InChI is InChI=1S/C11H19NO/c1-3-5-6-7-10-8-9-11(13)12(10)4-2/h8H,3-7,9H2,1-2H3. The average molecular weight is 181 g/mol. The van der Waals surface area contributed by atoms with Gasteiger partial charge in [-0.2, -0.15) is 0 Å². The van der Waals surface area contributed by atoms with Crippen molar-refractivity contribution in [1.29, 1.82) is 0 Å². The van der Waals surface area contributed by atoms with E-state index >= 15 is 0 Å². The minimum Gasteiger partial charge on any atom is -0.317 e. The van der Waals surface area contributed by atoms with Gasteiger partial charge in [0.2, 0.25) is 5.91 Å². The topological polar surface area (TPSA) is 20.3 Å². The summed E-state index contributed by atoms with van der Waals surface area (Å²) in [5.41, 5.74) is 1.25. The van der Waals surface area contributed by atoms with Crippen molar-refractivity contribution in [2.24, 2.45) is 0 Å². The molecule has 0 aromatic heterocycles. The van der Waals surface area contributed by atoms with Gasteiger partial charge in [-0.25, -0.2) is 0 Å². The van der Waals surface area contributed by atoms with Gasteiger partial charge < -0.3 is 4.90 Å². The van der Waals surface area contributed by atoms with Crippen LogP contribution in [-0.4, -0.2) is 17.4 Å². The number of allylic oxidation sites excluding steroid dienone is 1. The van der Waals surface area contributed by atoms with Gasteiger partial charge in [0.25, 0.3) is 0 Å². The number of amides is 1. The van der Waals surface area contributed by atoms with Gasteiger partial charge in [0, 0.05) is 18.7 Å². The number of hydrogen-bond acceptors (Lipinski definition) is 1. The summed E-state index contributed by atoms with van der Waals surface area (Å²) >= 11 is 0. The van der Waals surface area contributed by atoms with Gasteiger partial charge in [-0.1, -0.05) is 25.8 Å². The summed E-state index contributed by atoms with van der Waals surface area (Å²) < 4.78 is 0. The van der Waals surface area contributed by atoms with Crippen LogP contribution in [0.4, 0.5) is 0 Å². The van der Waals surface area contributed by atoms with Gasteiger partial charge in [0.1, 0.15) is 0 Å². The van der Waals surface area contributed by atoms with Gasteiger partial charge in [-0.05, 0) is 19.8 Å². The van der Waals surface area contributed by atoms with E-state index in [9.17, 15) is 4.79 Å². The summed E-state index contributed by atoms with van der Waals surface area (Å²) in [6.45, 7) is 5.07. The Morgan fingerprint density at radius 1 is 1.38 bits per heavy atom. The molecule has 0 aromatic carbocycles. The maximum atomic E-state index is 11.3. The predicted octanol–water partition coefficient (Wildman–Crippen LogP) is 2.70. The van der Waals surface area contributed by atoms with E-state index in [2.05, 4.69) is 13.0 Å². The Labute approximate surface area is 80.6 Å². The minimum absolute atomic E-state index is 0.272. The van der Waals surface area contributed by atoms with Crippen molar-refractivity contribution in [2.75, 3.05) is 6.54 Å². The predicted molar refractivity (Wildman–Crippen MR) is 54.2 cm³/mol. The highest BCUT2D eigenvalue weighted by Gasteiger charge is 2.20. The minimum atomic E-state index is 0.272. The first-order valence-electron chi connectivity index (χ1n) is 5.29. The van der Waals surface area contributed by atoms with Crippen molar-refractivity contribution in [1.82, 2.24) is 4.90 Å². The lowest BCUT2D eigenvalue weighted by molar-refractivity contribution is -0.127. The van der Waals surface area contributed by atoms with E-state index in [0.29, 0.717) is 6.42 Å². The number of hydrogen-bond donors (Lipinski definition) is 0. The fourth-order valence-electron chi connectivity index (χ4n) is 1.76. The van der Waals surface area contributed by atoms with E-state index in [1.54, 1.807) is 0 Å². The van der Waals surface area contributed by atoms with Crippen molar-refractivity contribution in [3.63, 3.8) is 0 Å². The van der Waals surface area contributed by atoms with E-state index in [-0.39, 0.29) is 5.91 Å². The molecule has 0 aromatic rings. The second-order valence-electron chi connectivity index (χ2n) is 3.49. The third-order valence-corrected chi connectivity index (χ3v) is 2.51. The Kier molecular flexibility index (Phi) is 4.00. The summed E-state index contributed by atoms with van der Waals surface area (Å²) in [5, 5.41) is 0. The van der Waals surface area contributed by atoms with Crippen LogP contribution in [-0.2, 0) is 4.79 Å². The molecule has 0 aliphatic carbocycles. The number of rotatable bonds is 5. The summed E-state index contributed by atoms with van der Waals surface area (Å²) in [7, 11) is 0. The maximum absolute atomic E-state index is 11.3. The molecule has 0 N–H and O–H groups in total. The molecule has 0 fully saturated rings. The Morgan fingerprint density at radius 3 is 2.77 bits per heavy atom. The fourth-order valence-corrected chi connectivity index (χ4v) is 1.76. The van der Waals surface area contributed by atoms with E-state index in [4.69, 9.17) is 0 Å². The normalized spacial score (nSPS) is 16.6. The first-order valence-corrected chi connectivity index (χ1v) is 5.29. The zero-order valence-electron chi connectivity index (χ0n) is 8.68. The molecule has 13 heavy (non-hydrogen) atoms. The van der Waals surface area contributed by atoms with Crippen LogP contribution in [0.1, 0.15) is 46.0 Å². The number of nitrogens with zero attached hydrogens (tertiary/aromatic N) is 1. The highest BCUT2D eigenvalue weighted by atomic mass is 16.2. The van der Waals surface area contributed by atoms with Crippen molar-refractivity contribution in [3.8, 4) is 0 Å². The van der Waals surface area contributed by atoms with E-state index < -0.39 is 0 Å². The monoisotopic (exact) mass is 181 g/mol. The van der Waals surface area contributed by atoms with Gasteiger partial charge in [0.05, 0.1) is 0 Å². The van der Waals surface area contributed by atoms with Crippen LogP contribution in [0.2, 0.25) is 0 Å². The zero-order chi connectivity index (χ0) is 9.68. The third-order valence-electron chi connectivity index (χ3n) is 2.51. The SMILES string of the molecule is CCCCCC1=CCC(=O)N1CC. The van der Waals surface area contributed by atoms with Crippen LogP contribution in [0.5, 0.6) is 0 Å². The molecular weight excluding hydrogens is 162 g/mol. The van der Waals surface area contributed by atoms with Gasteiger partial charge >= 0.3 is 0 Å². The molecule has 1 aliphatic rings. The van der Waals surface area contributed by atoms with Gasteiger partial charge in [-0.15, -0.1) is 0 Å². The Morgan fingerprint density at radius 2 is 2.15 bits per heavy atom.